The molecular weight excluding hydrogens is 366 g/mol. The van der Waals surface area contributed by atoms with Crippen molar-refractivity contribution in [2.45, 2.75) is 33.1 Å². The molecule has 3 aromatic carbocycles. The van der Waals surface area contributed by atoms with Crippen LogP contribution < -0.4 is 0 Å². The molecule has 0 amide bonds. The maximum Gasteiger partial charge on any atom is 0.142 e. The fourth-order valence-corrected chi connectivity index (χ4v) is 2.84. The molecule has 4 heteroatoms. The quantitative estimate of drug-likeness (QED) is 0.324. The molecule has 0 aromatic heterocycles. The third-order valence-electron chi connectivity index (χ3n) is 4.47. The monoisotopic (exact) mass is 388 g/mol. The second kappa shape index (κ2) is 9.75. The fourth-order valence-electron chi connectivity index (χ4n) is 2.84. The molecular formula is C25H22F2N2. The molecule has 0 heterocycles. The van der Waals surface area contributed by atoms with Crippen molar-refractivity contribution in [1.29, 1.82) is 0 Å². The Morgan fingerprint density at radius 3 is 1.79 bits per heavy atom. The first-order valence-electron chi connectivity index (χ1n) is 9.69. The lowest BCUT2D eigenvalue weighted by Gasteiger charge is -2.02. The third kappa shape index (κ3) is 5.58. The van der Waals surface area contributed by atoms with Crippen LogP contribution in [-0.4, -0.2) is 0 Å². The topological polar surface area (TPSA) is 24.7 Å². The van der Waals surface area contributed by atoms with Gasteiger partial charge in [0, 0.05) is 5.56 Å². The summed E-state index contributed by atoms with van der Waals surface area (Å²) in [5.74, 6) is 4.16. The molecule has 0 saturated carbocycles. The maximum atomic E-state index is 14.1. The zero-order chi connectivity index (χ0) is 20.6. The largest absolute Gasteiger partial charge is 0.206 e. The van der Waals surface area contributed by atoms with Gasteiger partial charge in [0.05, 0.1) is 16.9 Å². The van der Waals surface area contributed by atoms with Crippen LogP contribution in [0.5, 0.6) is 0 Å². The molecule has 146 valence electrons. The minimum absolute atomic E-state index is 0.204. The molecule has 0 aliphatic carbocycles. The summed E-state index contributed by atoms with van der Waals surface area (Å²) in [6.45, 7) is 4.07. The van der Waals surface area contributed by atoms with Crippen molar-refractivity contribution < 1.29 is 8.78 Å². The molecule has 29 heavy (non-hydrogen) atoms. The van der Waals surface area contributed by atoms with Gasteiger partial charge in [-0.2, -0.15) is 10.2 Å². The van der Waals surface area contributed by atoms with Crippen molar-refractivity contribution in [2.24, 2.45) is 10.2 Å². The Bertz CT molecular complexity index is 1030. The van der Waals surface area contributed by atoms with Crippen LogP contribution in [0.1, 0.15) is 42.5 Å². The number of benzene rings is 3. The molecule has 0 radical (unpaired) electrons. The first kappa shape index (κ1) is 20.4. The maximum absolute atomic E-state index is 14.1. The Morgan fingerprint density at radius 2 is 1.28 bits per heavy atom. The molecule has 0 aliphatic heterocycles. The second-order valence-corrected chi connectivity index (χ2v) is 6.70. The lowest BCUT2D eigenvalue weighted by Crippen LogP contribution is -1.94. The Hall–Kier alpha value is -3.32. The highest BCUT2D eigenvalue weighted by molar-refractivity contribution is 5.49. The van der Waals surface area contributed by atoms with Gasteiger partial charge >= 0.3 is 0 Å². The van der Waals surface area contributed by atoms with E-state index in [0.717, 1.165) is 18.5 Å². The van der Waals surface area contributed by atoms with E-state index < -0.39 is 11.6 Å². The number of azo groups is 1. The van der Waals surface area contributed by atoms with E-state index in [1.807, 2.05) is 31.2 Å². The third-order valence-corrected chi connectivity index (χ3v) is 4.47. The van der Waals surface area contributed by atoms with Crippen LogP contribution in [0.25, 0.3) is 0 Å². The molecule has 0 aliphatic rings. The van der Waals surface area contributed by atoms with Gasteiger partial charge in [0.15, 0.2) is 0 Å². The second-order valence-electron chi connectivity index (χ2n) is 6.70. The van der Waals surface area contributed by atoms with Crippen LogP contribution in [-0.2, 0) is 12.8 Å². The SMILES string of the molecule is CCCc1cc(F)c(C#Cc2ccc(/N=N/c3ccc(CC)cc3)cc2)c(F)c1. The molecule has 2 nitrogen and oxygen atoms in total. The predicted octanol–water partition coefficient (Wildman–Crippen LogP) is 7.29. The average Bonchev–Trinajstić information content (AvgIpc) is 2.73. The number of nitrogens with zero attached hydrogens (tertiary/aromatic N) is 2. The van der Waals surface area contributed by atoms with Crippen LogP contribution in [0.3, 0.4) is 0 Å². The van der Waals surface area contributed by atoms with Gasteiger partial charge in [-0.3, -0.25) is 0 Å². The molecule has 0 spiro atoms. The van der Waals surface area contributed by atoms with E-state index in [-0.39, 0.29) is 5.56 Å². The highest BCUT2D eigenvalue weighted by Crippen LogP contribution is 2.20. The van der Waals surface area contributed by atoms with E-state index in [1.54, 1.807) is 24.3 Å². The standard InChI is InChI=1S/C25H22F2N2/c1-3-5-20-16-24(26)23(25(27)17-20)15-10-19-8-13-22(14-9-19)29-28-21-11-6-18(4-2)7-12-21/h6-9,11-14,16-17H,3-5H2,1-2H3/b29-28+. The number of rotatable bonds is 5. The first-order valence-corrected chi connectivity index (χ1v) is 9.69. The normalized spacial score (nSPS) is 10.8. The van der Waals surface area contributed by atoms with Gasteiger partial charge in [0.2, 0.25) is 0 Å². The van der Waals surface area contributed by atoms with E-state index in [1.165, 1.54) is 17.7 Å². The predicted molar refractivity (Wildman–Crippen MR) is 113 cm³/mol. The summed E-state index contributed by atoms with van der Waals surface area (Å²) in [5, 5.41) is 8.41. The summed E-state index contributed by atoms with van der Waals surface area (Å²) in [4.78, 5) is 0. The Balaban J connectivity index is 1.72. The van der Waals surface area contributed by atoms with Crippen molar-refractivity contribution in [1.82, 2.24) is 0 Å². The molecule has 3 rings (SSSR count). The Kier molecular flexibility index (Phi) is 6.86. The summed E-state index contributed by atoms with van der Waals surface area (Å²) in [6, 6.07) is 17.7. The number of hydrogen-bond acceptors (Lipinski definition) is 2. The van der Waals surface area contributed by atoms with Gasteiger partial charge in [0.1, 0.15) is 11.6 Å². The van der Waals surface area contributed by atoms with Gasteiger partial charge in [-0.1, -0.05) is 44.2 Å². The number of hydrogen-bond donors (Lipinski definition) is 0. The van der Waals surface area contributed by atoms with Gasteiger partial charge < -0.3 is 0 Å². The van der Waals surface area contributed by atoms with Crippen molar-refractivity contribution in [3.8, 4) is 11.8 Å². The molecule has 0 unspecified atom stereocenters. The highest BCUT2D eigenvalue weighted by atomic mass is 19.1. The van der Waals surface area contributed by atoms with Crippen LogP contribution in [0.4, 0.5) is 20.2 Å². The van der Waals surface area contributed by atoms with E-state index in [4.69, 9.17) is 0 Å². The number of aryl methyl sites for hydroxylation is 2. The molecule has 0 atom stereocenters. The molecule has 3 aromatic rings. The van der Waals surface area contributed by atoms with Crippen molar-refractivity contribution in [3.05, 3.63) is 94.6 Å². The van der Waals surface area contributed by atoms with Crippen molar-refractivity contribution >= 4 is 11.4 Å². The van der Waals surface area contributed by atoms with E-state index in [9.17, 15) is 8.78 Å². The van der Waals surface area contributed by atoms with Crippen molar-refractivity contribution in [3.63, 3.8) is 0 Å². The highest BCUT2D eigenvalue weighted by Gasteiger charge is 2.08. The molecule has 0 fully saturated rings. The van der Waals surface area contributed by atoms with Crippen LogP contribution >= 0.6 is 0 Å². The fraction of sp³-hybridized carbons (Fsp3) is 0.200. The van der Waals surface area contributed by atoms with Crippen molar-refractivity contribution in [2.75, 3.05) is 0 Å². The van der Waals surface area contributed by atoms with E-state index in [2.05, 4.69) is 29.0 Å². The van der Waals surface area contributed by atoms with E-state index >= 15 is 0 Å². The lowest BCUT2D eigenvalue weighted by atomic mass is 10.1. The number of halogens is 2. The summed E-state index contributed by atoms with van der Waals surface area (Å²) in [5.41, 5.74) is 3.80. The van der Waals surface area contributed by atoms with Crippen LogP contribution in [0.2, 0.25) is 0 Å². The lowest BCUT2D eigenvalue weighted by molar-refractivity contribution is 0.573. The summed E-state index contributed by atoms with van der Waals surface area (Å²) in [6.07, 6.45) is 2.45. The summed E-state index contributed by atoms with van der Waals surface area (Å²) >= 11 is 0. The first-order chi connectivity index (χ1) is 14.1. The van der Waals surface area contributed by atoms with Crippen LogP contribution in [0, 0.1) is 23.5 Å². The Morgan fingerprint density at radius 1 is 0.724 bits per heavy atom. The summed E-state index contributed by atoms with van der Waals surface area (Å²) in [7, 11) is 0. The molecule has 0 bridgehead atoms. The zero-order valence-corrected chi connectivity index (χ0v) is 16.5. The zero-order valence-electron chi connectivity index (χ0n) is 16.5. The smallest absolute Gasteiger partial charge is 0.142 e. The Labute approximate surface area is 170 Å². The van der Waals surface area contributed by atoms with Gasteiger partial charge in [-0.15, -0.1) is 0 Å². The van der Waals surface area contributed by atoms with Gasteiger partial charge in [-0.25, -0.2) is 8.78 Å². The minimum Gasteiger partial charge on any atom is -0.206 e. The average molecular weight is 388 g/mol. The molecule has 0 N–H and O–H groups in total. The van der Waals surface area contributed by atoms with E-state index in [0.29, 0.717) is 23.2 Å². The van der Waals surface area contributed by atoms with Crippen LogP contribution in [0.15, 0.2) is 70.9 Å². The molecule has 0 saturated heterocycles. The summed E-state index contributed by atoms with van der Waals surface area (Å²) < 4.78 is 28.3. The van der Waals surface area contributed by atoms with Gasteiger partial charge in [-0.05, 0) is 72.5 Å². The minimum atomic E-state index is -0.625. The van der Waals surface area contributed by atoms with Gasteiger partial charge in [0.25, 0.3) is 0 Å².